The van der Waals surface area contributed by atoms with Crippen molar-refractivity contribution in [2.75, 3.05) is 0 Å². The van der Waals surface area contributed by atoms with E-state index in [1.54, 1.807) is 29.1 Å². The van der Waals surface area contributed by atoms with E-state index in [1.165, 1.54) is 16.9 Å². The minimum Gasteiger partial charge on any atom is -0.434 e. The predicted octanol–water partition coefficient (Wildman–Crippen LogP) is 3.73. The van der Waals surface area contributed by atoms with Gasteiger partial charge in [-0.25, -0.2) is 19.2 Å². The van der Waals surface area contributed by atoms with E-state index in [9.17, 15) is 8.78 Å². The van der Waals surface area contributed by atoms with Crippen LogP contribution in [0.3, 0.4) is 0 Å². The van der Waals surface area contributed by atoms with Crippen LogP contribution in [0.4, 0.5) is 8.78 Å². The quantitative estimate of drug-likeness (QED) is 0.477. The first-order chi connectivity index (χ1) is 13.7. The number of hydrogen-bond acceptors (Lipinski definition) is 5. The average Bonchev–Trinajstić information content (AvgIpc) is 3.32. The molecule has 28 heavy (non-hydrogen) atoms. The minimum absolute atomic E-state index is 0.0117. The zero-order valence-corrected chi connectivity index (χ0v) is 14.3. The highest BCUT2D eigenvalue weighted by atomic mass is 19.3. The fraction of sp³-hybridized carbons (Fsp3) is 0.0526. The molecule has 5 aromatic rings. The molecule has 0 N–H and O–H groups in total. The Hall–Kier alpha value is -3.88. The van der Waals surface area contributed by atoms with Crippen LogP contribution in [0.25, 0.3) is 33.8 Å². The number of ether oxygens (including phenoxy) is 1. The number of para-hydroxylation sites is 2. The Morgan fingerprint density at radius 2 is 1.71 bits per heavy atom. The van der Waals surface area contributed by atoms with E-state index in [-0.39, 0.29) is 11.6 Å². The van der Waals surface area contributed by atoms with Gasteiger partial charge in [-0.05, 0) is 24.3 Å². The van der Waals surface area contributed by atoms with Gasteiger partial charge in [-0.2, -0.15) is 13.9 Å². The van der Waals surface area contributed by atoms with Crippen molar-refractivity contribution in [3.05, 3.63) is 67.1 Å². The fourth-order valence-corrected chi connectivity index (χ4v) is 3.04. The van der Waals surface area contributed by atoms with Crippen molar-refractivity contribution in [2.45, 2.75) is 6.61 Å². The number of fused-ring (bicyclic) bond motifs is 3. The molecule has 5 rings (SSSR count). The molecule has 0 saturated heterocycles. The van der Waals surface area contributed by atoms with Gasteiger partial charge in [-0.15, -0.1) is 5.10 Å². The summed E-state index contributed by atoms with van der Waals surface area (Å²) in [6.45, 7) is -2.93. The second kappa shape index (κ2) is 6.38. The summed E-state index contributed by atoms with van der Waals surface area (Å²) in [6, 6.07) is 16.0. The first-order valence-electron chi connectivity index (χ1n) is 8.39. The Labute approximate surface area is 156 Å². The highest BCUT2D eigenvalue weighted by Gasteiger charge is 2.17. The topological polar surface area (TPSA) is 70.1 Å². The van der Waals surface area contributed by atoms with Crippen LogP contribution >= 0.6 is 0 Å². The van der Waals surface area contributed by atoms with Gasteiger partial charge in [-0.1, -0.05) is 30.3 Å². The van der Waals surface area contributed by atoms with Crippen molar-refractivity contribution in [3.8, 4) is 22.8 Å². The van der Waals surface area contributed by atoms with E-state index < -0.39 is 6.61 Å². The van der Waals surface area contributed by atoms with Crippen molar-refractivity contribution >= 4 is 16.7 Å². The lowest BCUT2D eigenvalue weighted by atomic mass is 10.2. The van der Waals surface area contributed by atoms with E-state index in [1.807, 2.05) is 30.3 Å². The number of alkyl halides is 2. The Bertz CT molecular complexity index is 1280. The summed E-state index contributed by atoms with van der Waals surface area (Å²) in [6.07, 6.45) is 3.18. The lowest BCUT2D eigenvalue weighted by molar-refractivity contribution is -0.0494. The Kier molecular flexibility index (Phi) is 3.71. The van der Waals surface area contributed by atoms with Crippen molar-refractivity contribution in [1.29, 1.82) is 0 Å². The van der Waals surface area contributed by atoms with Gasteiger partial charge in [0.1, 0.15) is 12.1 Å². The zero-order chi connectivity index (χ0) is 19.1. The highest BCUT2D eigenvalue weighted by molar-refractivity contribution is 5.90. The Morgan fingerprint density at radius 3 is 2.54 bits per heavy atom. The molecule has 0 saturated carbocycles. The normalized spacial score (nSPS) is 11.5. The summed E-state index contributed by atoms with van der Waals surface area (Å²) in [4.78, 5) is 8.95. The smallest absolute Gasteiger partial charge is 0.387 e. The van der Waals surface area contributed by atoms with Crippen LogP contribution in [0, 0.1) is 0 Å². The van der Waals surface area contributed by atoms with Crippen LogP contribution in [-0.4, -0.2) is 36.0 Å². The molecule has 0 atom stereocenters. The number of aromatic nitrogens is 6. The van der Waals surface area contributed by atoms with E-state index in [4.69, 9.17) is 0 Å². The van der Waals surface area contributed by atoms with Crippen molar-refractivity contribution in [3.63, 3.8) is 0 Å². The summed E-state index contributed by atoms with van der Waals surface area (Å²) in [5.74, 6) is 0.274. The molecule has 0 aliphatic heterocycles. The molecule has 0 aliphatic carbocycles. The van der Waals surface area contributed by atoms with Crippen molar-refractivity contribution in [1.82, 2.24) is 29.4 Å². The number of hydrogen-bond donors (Lipinski definition) is 0. The SMILES string of the molecule is FC(F)Oc1ccccc1-c1nc2c3cnn(-c4ccccc4)c3ncn2n1. The molecule has 138 valence electrons. The fourth-order valence-electron chi connectivity index (χ4n) is 3.04. The summed E-state index contributed by atoms with van der Waals surface area (Å²) >= 11 is 0. The van der Waals surface area contributed by atoms with E-state index in [0.29, 0.717) is 22.2 Å². The summed E-state index contributed by atoms with van der Waals surface area (Å²) in [5.41, 5.74) is 2.38. The van der Waals surface area contributed by atoms with Gasteiger partial charge >= 0.3 is 6.61 Å². The molecule has 2 aromatic carbocycles. The second-order valence-corrected chi connectivity index (χ2v) is 5.95. The van der Waals surface area contributed by atoms with Crippen molar-refractivity contribution in [2.24, 2.45) is 0 Å². The number of rotatable bonds is 4. The summed E-state index contributed by atoms with van der Waals surface area (Å²) < 4.78 is 33.2. The van der Waals surface area contributed by atoms with E-state index in [0.717, 1.165) is 5.69 Å². The maximum Gasteiger partial charge on any atom is 0.387 e. The molecule has 0 aliphatic rings. The van der Waals surface area contributed by atoms with Gasteiger partial charge in [0.25, 0.3) is 0 Å². The van der Waals surface area contributed by atoms with Crippen LogP contribution in [0.15, 0.2) is 67.1 Å². The second-order valence-electron chi connectivity index (χ2n) is 5.95. The standard InChI is InChI=1S/C19H12F2N6O/c20-19(21)28-15-9-5-4-8-13(15)16-24-18-14-10-23-27(12-6-2-1-3-7-12)17(14)22-11-26(18)25-16/h1-11,19H. The molecule has 9 heteroatoms. The molecule has 0 spiro atoms. The van der Waals surface area contributed by atoms with Crippen LogP contribution in [0.2, 0.25) is 0 Å². The Balaban J connectivity index is 1.67. The van der Waals surface area contributed by atoms with Crippen LogP contribution < -0.4 is 4.74 Å². The maximum atomic E-state index is 12.7. The molecule has 0 amide bonds. The highest BCUT2D eigenvalue weighted by Crippen LogP contribution is 2.30. The van der Waals surface area contributed by atoms with Gasteiger partial charge < -0.3 is 4.74 Å². The maximum absolute atomic E-state index is 12.7. The molecule has 0 unspecified atom stereocenters. The molecular weight excluding hydrogens is 366 g/mol. The lowest BCUT2D eigenvalue weighted by Crippen LogP contribution is -2.03. The first kappa shape index (κ1) is 16.3. The third kappa shape index (κ3) is 2.64. The minimum atomic E-state index is -2.93. The molecule has 0 radical (unpaired) electrons. The third-order valence-corrected chi connectivity index (χ3v) is 4.25. The lowest BCUT2D eigenvalue weighted by Gasteiger charge is -2.07. The first-order valence-corrected chi connectivity index (χ1v) is 8.39. The Morgan fingerprint density at radius 1 is 0.929 bits per heavy atom. The largest absolute Gasteiger partial charge is 0.434 e. The van der Waals surface area contributed by atoms with Crippen LogP contribution in [0.1, 0.15) is 0 Å². The third-order valence-electron chi connectivity index (χ3n) is 4.25. The van der Waals surface area contributed by atoms with Gasteiger partial charge in [-0.3, -0.25) is 0 Å². The number of halogens is 2. The molecule has 3 heterocycles. The van der Waals surface area contributed by atoms with Gasteiger partial charge in [0.2, 0.25) is 0 Å². The number of nitrogens with zero attached hydrogens (tertiary/aromatic N) is 6. The summed E-state index contributed by atoms with van der Waals surface area (Å²) in [7, 11) is 0. The average molecular weight is 378 g/mol. The van der Waals surface area contributed by atoms with Gasteiger partial charge in [0.05, 0.1) is 22.8 Å². The van der Waals surface area contributed by atoms with E-state index >= 15 is 0 Å². The summed E-state index contributed by atoms with van der Waals surface area (Å²) in [5, 5.41) is 9.46. The van der Waals surface area contributed by atoms with Crippen LogP contribution in [-0.2, 0) is 0 Å². The molecule has 7 nitrogen and oxygen atoms in total. The molecule has 0 fully saturated rings. The molecular formula is C19H12F2N6O. The predicted molar refractivity (Wildman–Crippen MR) is 97.5 cm³/mol. The number of benzene rings is 2. The van der Waals surface area contributed by atoms with Gasteiger partial charge in [0, 0.05) is 0 Å². The monoisotopic (exact) mass is 378 g/mol. The van der Waals surface area contributed by atoms with Gasteiger partial charge in [0.15, 0.2) is 17.1 Å². The van der Waals surface area contributed by atoms with Crippen molar-refractivity contribution < 1.29 is 13.5 Å². The molecule has 0 bridgehead atoms. The van der Waals surface area contributed by atoms with Crippen LogP contribution in [0.5, 0.6) is 5.75 Å². The molecule has 3 aromatic heterocycles. The van der Waals surface area contributed by atoms with E-state index in [2.05, 4.69) is 24.9 Å². The zero-order valence-electron chi connectivity index (χ0n) is 14.3.